The minimum atomic E-state index is -0.406. The monoisotopic (exact) mass is 677 g/mol. The van der Waals surface area contributed by atoms with Crippen molar-refractivity contribution >= 4 is 65.0 Å². The van der Waals surface area contributed by atoms with Crippen LogP contribution in [0.25, 0.3) is 110 Å². The fourth-order valence-electron chi connectivity index (χ4n) is 8.61. The number of hydrogen-bond acceptors (Lipinski definition) is 1. The Labute approximate surface area is 314 Å². The van der Waals surface area contributed by atoms with E-state index in [0.29, 0.717) is 5.56 Å². The average molecular weight is 678 g/mol. The van der Waals surface area contributed by atoms with Crippen molar-refractivity contribution < 1.29 is 11.3 Å². The molecule has 0 amide bonds. The topological polar surface area (TPSA) is 13.1 Å². The molecule has 246 valence electrons. The van der Waals surface area contributed by atoms with E-state index >= 15 is 0 Å². The molecule has 1 heterocycles. The highest BCUT2D eigenvalue weighted by Gasteiger charge is 2.22. The molecule has 0 aliphatic carbocycles. The zero-order valence-corrected chi connectivity index (χ0v) is 28.5. The highest BCUT2D eigenvalue weighted by atomic mass is 16.3. The van der Waals surface area contributed by atoms with Crippen LogP contribution in [0.5, 0.6) is 0 Å². The second-order valence-corrected chi connectivity index (χ2v) is 13.5. The summed E-state index contributed by atoms with van der Waals surface area (Å²) in [4.78, 5) is 0. The summed E-state index contributed by atoms with van der Waals surface area (Å²) in [7, 11) is 0. The van der Waals surface area contributed by atoms with Crippen LogP contribution in [0.15, 0.2) is 198 Å². The first-order valence-corrected chi connectivity index (χ1v) is 17.9. The molecule has 0 N–H and O–H groups in total. The number of benzene rings is 10. The van der Waals surface area contributed by atoms with Gasteiger partial charge in [0.1, 0.15) is 11.2 Å². The van der Waals surface area contributed by atoms with Gasteiger partial charge in [0.2, 0.25) is 0 Å². The lowest BCUT2D eigenvalue weighted by atomic mass is 9.84. The summed E-state index contributed by atoms with van der Waals surface area (Å²) in [6.45, 7) is 0. The van der Waals surface area contributed by atoms with E-state index in [1.54, 1.807) is 0 Å². The SMILES string of the molecule is [2H]c1c([2H])c([2H])c(-c2c3ccccc3c(-c3ccc4c(c3)oc3cccc(-c5c6ccccc6c(-c6ccccc6)c6ccccc56)c34)c3ccccc23)c([2H])c1[2H]. The molecule has 1 heteroatoms. The standard InChI is InChI=1S/C52H32O/c1-3-16-33(17-4-1)48-36-20-7-9-22-38(36)50(39-23-10-8-21-37(39)48)35-30-31-44-47(32-35)53-46-29-15-28-45(52(44)46)51-42-26-13-11-24-40(42)49(34-18-5-2-6-19-34)41-25-12-14-27-43(41)51/h1-32H/i1D,3D,4D,16D,17D. The Bertz CT molecular complexity index is 3370. The number of furan rings is 1. The summed E-state index contributed by atoms with van der Waals surface area (Å²) in [6.07, 6.45) is 0. The molecule has 0 spiro atoms. The van der Waals surface area contributed by atoms with E-state index in [1.165, 1.54) is 38.2 Å². The maximum absolute atomic E-state index is 8.92. The first-order valence-electron chi connectivity index (χ1n) is 20.4. The molecule has 0 aliphatic rings. The molecule has 1 nitrogen and oxygen atoms in total. The molecular formula is C52H32O. The predicted octanol–water partition coefficient (Wildman–Crippen LogP) is 14.9. The molecule has 0 fully saturated rings. The Morgan fingerprint density at radius 1 is 0.321 bits per heavy atom. The molecule has 0 saturated carbocycles. The lowest BCUT2D eigenvalue weighted by molar-refractivity contribution is 0.669. The summed E-state index contributed by atoms with van der Waals surface area (Å²) in [5.74, 6) is 0. The third kappa shape index (κ3) is 4.51. The van der Waals surface area contributed by atoms with Gasteiger partial charge in [0.25, 0.3) is 0 Å². The van der Waals surface area contributed by atoms with E-state index < -0.39 is 6.04 Å². The van der Waals surface area contributed by atoms with Gasteiger partial charge in [0.15, 0.2) is 0 Å². The van der Waals surface area contributed by atoms with Gasteiger partial charge in [-0.3, -0.25) is 0 Å². The molecule has 11 rings (SSSR count). The van der Waals surface area contributed by atoms with Gasteiger partial charge in [-0.2, -0.15) is 0 Å². The Balaban J connectivity index is 1.18. The first kappa shape index (κ1) is 25.1. The van der Waals surface area contributed by atoms with Gasteiger partial charge in [-0.25, -0.2) is 0 Å². The summed E-state index contributed by atoms with van der Waals surface area (Å²) < 4.78 is 49.8. The van der Waals surface area contributed by atoms with Gasteiger partial charge in [-0.15, -0.1) is 0 Å². The van der Waals surface area contributed by atoms with Crippen molar-refractivity contribution in [1.29, 1.82) is 0 Å². The van der Waals surface area contributed by atoms with Crippen molar-refractivity contribution in [3.8, 4) is 44.5 Å². The van der Waals surface area contributed by atoms with Crippen LogP contribution in [0, 0.1) is 0 Å². The van der Waals surface area contributed by atoms with Gasteiger partial charge in [0, 0.05) is 10.8 Å². The zero-order valence-electron chi connectivity index (χ0n) is 33.5. The molecule has 0 saturated heterocycles. The van der Waals surface area contributed by atoms with Crippen molar-refractivity contribution in [3.63, 3.8) is 0 Å². The second-order valence-electron chi connectivity index (χ2n) is 13.5. The Morgan fingerprint density at radius 2 is 0.792 bits per heavy atom. The quantitative estimate of drug-likeness (QED) is 0.169. The molecule has 0 bridgehead atoms. The Kier molecular flexibility index (Phi) is 5.58. The predicted molar refractivity (Wildman–Crippen MR) is 225 cm³/mol. The van der Waals surface area contributed by atoms with E-state index in [1.807, 2.05) is 54.6 Å². The van der Waals surface area contributed by atoms with Crippen molar-refractivity contribution in [2.45, 2.75) is 0 Å². The summed E-state index contributed by atoms with van der Waals surface area (Å²) in [5.41, 5.74) is 9.01. The number of rotatable bonds is 4. The van der Waals surface area contributed by atoms with E-state index in [2.05, 4.69) is 109 Å². The molecule has 1 aromatic heterocycles. The van der Waals surface area contributed by atoms with Crippen molar-refractivity contribution in [2.24, 2.45) is 0 Å². The normalized spacial score (nSPS) is 13.1. The molecule has 0 unspecified atom stereocenters. The third-order valence-corrected chi connectivity index (χ3v) is 10.7. The van der Waals surface area contributed by atoms with Crippen LogP contribution in [0.1, 0.15) is 6.85 Å². The fourth-order valence-corrected chi connectivity index (χ4v) is 8.61. The smallest absolute Gasteiger partial charge is 0.136 e. The maximum atomic E-state index is 8.92. The molecular weight excluding hydrogens is 641 g/mol. The van der Waals surface area contributed by atoms with Crippen LogP contribution in [-0.4, -0.2) is 0 Å². The van der Waals surface area contributed by atoms with Crippen LogP contribution in [-0.2, 0) is 0 Å². The van der Waals surface area contributed by atoms with Crippen LogP contribution in [0.2, 0.25) is 0 Å². The average Bonchev–Trinajstić information content (AvgIpc) is 3.65. The van der Waals surface area contributed by atoms with Gasteiger partial charge in [-0.05, 0) is 106 Å². The summed E-state index contributed by atoms with van der Waals surface area (Å²) in [6, 6.07) is 55.1. The van der Waals surface area contributed by atoms with Gasteiger partial charge in [0.05, 0.1) is 6.85 Å². The molecule has 53 heavy (non-hydrogen) atoms. The Morgan fingerprint density at radius 3 is 1.34 bits per heavy atom. The van der Waals surface area contributed by atoms with Gasteiger partial charge < -0.3 is 4.42 Å². The minimum absolute atomic E-state index is 0.196. The van der Waals surface area contributed by atoms with E-state index in [4.69, 9.17) is 11.3 Å². The van der Waals surface area contributed by atoms with Crippen molar-refractivity contribution in [1.82, 2.24) is 0 Å². The first-order chi connectivity index (χ1) is 28.4. The molecule has 0 atom stereocenters. The highest BCUT2D eigenvalue weighted by molar-refractivity contribution is 6.26. The second kappa shape index (κ2) is 11.8. The number of fused-ring (bicyclic) bond motifs is 7. The zero-order chi connectivity index (χ0) is 39.2. The lowest BCUT2D eigenvalue weighted by Crippen LogP contribution is -1.91. The minimum Gasteiger partial charge on any atom is -0.456 e. The van der Waals surface area contributed by atoms with Crippen molar-refractivity contribution in [3.05, 3.63) is 194 Å². The van der Waals surface area contributed by atoms with Crippen molar-refractivity contribution in [2.75, 3.05) is 0 Å². The van der Waals surface area contributed by atoms with Crippen LogP contribution in [0.3, 0.4) is 0 Å². The summed E-state index contributed by atoms with van der Waals surface area (Å²) in [5, 5.41) is 10.2. The molecule has 0 aliphatic heterocycles. The van der Waals surface area contributed by atoms with Crippen LogP contribution < -0.4 is 0 Å². The largest absolute Gasteiger partial charge is 0.456 e. The van der Waals surface area contributed by atoms with Crippen LogP contribution >= 0.6 is 0 Å². The number of hydrogen-bond donors (Lipinski definition) is 0. The molecule has 0 radical (unpaired) electrons. The van der Waals surface area contributed by atoms with Crippen LogP contribution in [0.4, 0.5) is 0 Å². The van der Waals surface area contributed by atoms with E-state index in [-0.39, 0.29) is 29.7 Å². The Hall–Kier alpha value is -6.96. The van der Waals surface area contributed by atoms with E-state index in [9.17, 15) is 0 Å². The van der Waals surface area contributed by atoms with Gasteiger partial charge >= 0.3 is 0 Å². The third-order valence-electron chi connectivity index (χ3n) is 10.7. The highest BCUT2D eigenvalue weighted by Crippen LogP contribution is 2.48. The fraction of sp³-hybridized carbons (Fsp3) is 0. The van der Waals surface area contributed by atoms with Gasteiger partial charge in [-0.1, -0.05) is 176 Å². The maximum Gasteiger partial charge on any atom is 0.136 e. The molecule has 11 aromatic rings. The van der Waals surface area contributed by atoms with E-state index in [0.717, 1.165) is 60.2 Å². The molecule has 10 aromatic carbocycles. The summed E-state index contributed by atoms with van der Waals surface area (Å²) >= 11 is 0. The lowest BCUT2D eigenvalue weighted by Gasteiger charge is -2.18.